The van der Waals surface area contributed by atoms with E-state index in [0.29, 0.717) is 0 Å². The van der Waals surface area contributed by atoms with Crippen molar-refractivity contribution in [3.8, 4) is 0 Å². The maximum Gasteiger partial charge on any atom is 0.297 e. The Hall–Kier alpha value is -1.39. The second-order valence-corrected chi connectivity index (χ2v) is 1.98. The molecule has 0 aliphatic rings. The fourth-order valence-corrected chi connectivity index (χ4v) is 0.606. The fraction of sp³-hybridized carbons (Fsp3) is 0.400. The molecule has 1 rings (SSSR count). The summed E-state index contributed by atoms with van der Waals surface area (Å²) in [6.07, 6.45) is 0. The van der Waals surface area contributed by atoms with Gasteiger partial charge in [-0.2, -0.15) is 5.10 Å². The average molecular weight is 141 g/mol. The van der Waals surface area contributed by atoms with Crippen LogP contribution < -0.4 is 5.56 Å². The number of rotatable bonds is 1. The second-order valence-electron chi connectivity index (χ2n) is 1.98. The van der Waals surface area contributed by atoms with E-state index in [2.05, 4.69) is 10.3 Å². The Morgan fingerprint density at radius 2 is 2.30 bits per heavy atom. The molecule has 5 heteroatoms. The van der Waals surface area contributed by atoms with Crippen molar-refractivity contribution in [3.05, 3.63) is 16.0 Å². The Bertz CT molecular complexity index is 309. The minimum absolute atomic E-state index is 0.0394. The van der Waals surface area contributed by atoms with Crippen molar-refractivity contribution in [3.63, 3.8) is 0 Å². The van der Waals surface area contributed by atoms with E-state index in [1.807, 2.05) is 0 Å². The lowest BCUT2D eigenvalue weighted by atomic mass is 10.3. The smallest absolute Gasteiger partial charge is 0.292 e. The quantitative estimate of drug-likeness (QED) is 0.526. The summed E-state index contributed by atoms with van der Waals surface area (Å²) in [4.78, 5) is 21.4. The lowest BCUT2D eigenvalue weighted by Crippen LogP contribution is -2.17. The Kier molecular flexibility index (Phi) is 1.41. The van der Waals surface area contributed by atoms with Gasteiger partial charge in [0, 0.05) is 14.0 Å². The first-order valence-electron chi connectivity index (χ1n) is 2.75. The lowest BCUT2D eigenvalue weighted by Gasteiger charge is -1.79. The molecule has 0 fully saturated rings. The highest BCUT2D eigenvalue weighted by atomic mass is 16.2. The molecule has 0 atom stereocenters. The Balaban J connectivity index is 3.32. The molecule has 0 saturated heterocycles. The Labute approximate surface area is 56.6 Å². The van der Waals surface area contributed by atoms with E-state index in [1.165, 1.54) is 14.0 Å². The van der Waals surface area contributed by atoms with Gasteiger partial charge in [0.05, 0.1) is 0 Å². The number of H-pyrrole nitrogens is 1. The molecule has 0 aliphatic heterocycles. The van der Waals surface area contributed by atoms with E-state index in [-0.39, 0.29) is 17.0 Å². The number of nitrogens with zero attached hydrogens (tertiary/aromatic N) is 2. The summed E-state index contributed by atoms with van der Waals surface area (Å²) >= 11 is 0. The summed E-state index contributed by atoms with van der Waals surface area (Å²) in [6.45, 7) is 1.30. The molecule has 54 valence electrons. The van der Waals surface area contributed by atoms with Crippen LogP contribution in [0.2, 0.25) is 0 Å². The van der Waals surface area contributed by atoms with E-state index in [9.17, 15) is 9.59 Å². The van der Waals surface area contributed by atoms with Crippen LogP contribution in [0.3, 0.4) is 0 Å². The van der Waals surface area contributed by atoms with Gasteiger partial charge in [0.1, 0.15) is 0 Å². The fourth-order valence-electron chi connectivity index (χ4n) is 0.606. The largest absolute Gasteiger partial charge is 0.297 e. The number of aryl methyl sites for hydroxylation is 1. The first-order chi connectivity index (χ1) is 4.63. The molecular formula is C5H7N3O2. The number of hydrogen-bond acceptors (Lipinski definition) is 3. The molecular weight excluding hydrogens is 134 g/mol. The molecule has 0 aliphatic carbocycles. The number of Topliss-reactive ketones (excluding diaryl/α,β-unsaturated/α-hetero) is 1. The van der Waals surface area contributed by atoms with Gasteiger partial charge in [0.25, 0.3) is 5.56 Å². The van der Waals surface area contributed by atoms with E-state index < -0.39 is 0 Å². The number of hydrogen-bond donors (Lipinski definition) is 1. The highest BCUT2D eigenvalue weighted by molar-refractivity contribution is 5.91. The lowest BCUT2D eigenvalue weighted by molar-refractivity contribution is 0.101. The average Bonchev–Trinajstić information content (AvgIpc) is 2.14. The van der Waals surface area contributed by atoms with Gasteiger partial charge in [-0.05, 0) is 0 Å². The van der Waals surface area contributed by atoms with E-state index in [1.54, 1.807) is 0 Å². The zero-order chi connectivity index (χ0) is 7.72. The van der Waals surface area contributed by atoms with Crippen LogP contribution >= 0.6 is 0 Å². The van der Waals surface area contributed by atoms with Crippen molar-refractivity contribution >= 4 is 5.78 Å². The third-order valence-electron chi connectivity index (χ3n) is 1.15. The summed E-state index contributed by atoms with van der Waals surface area (Å²) < 4.78 is 1.15. The summed E-state index contributed by atoms with van der Waals surface area (Å²) in [6, 6.07) is 0. The van der Waals surface area contributed by atoms with Crippen LogP contribution in [0.5, 0.6) is 0 Å². The van der Waals surface area contributed by atoms with Gasteiger partial charge >= 0.3 is 0 Å². The third-order valence-corrected chi connectivity index (χ3v) is 1.15. The molecule has 5 nitrogen and oxygen atoms in total. The standard InChI is InChI=1S/C5H7N3O2/c1-3(9)4-5(10)8(2)7-6-4/h7H,1-2H3. The third kappa shape index (κ3) is 0.854. The van der Waals surface area contributed by atoms with Gasteiger partial charge in [0.2, 0.25) is 0 Å². The molecule has 1 heterocycles. The zero-order valence-electron chi connectivity index (χ0n) is 5.71. The van der Waals surface area contributed by atoms with Gasteiger partial charge in [-0.25, -0.2) is 9.90 Å². The number of nitrogens with one attached hydrogen (secondary N) is 1. The predicted octanol–water partition coefficient (Wildman–Crippen LogP) is -0.689. The van der Waals surface area contributed by atoms with Crippen LogP contribution in [0, 0.1) is 0 Å². The van der Waals surface area contributed by atoms with Crippen molar-refractivity contribution in [1.82, 2.24) is 15.0 Å². The zero-order valence-corrected chi connectivity index (χ0v) is 5.71. The number of carbonyl (C=O) groups excluding carboxylic acids is 1. The molecule has 10 heavy (non-hydrogen) atoms. The van der Waals surface area contributed by atoms with E-state index >= 15 is 0 Å². The van der Waals surface area contributed by atoms with Gasteiger partial charge < -0.3 is 0 Å². The van der Waals surface area contributed by atoms with Crippen molar-refractivity contribution in [2.45, 2.75) is 6.92 Å². The van der Waals surface area contributed by atoms with E-state index in [0.717, 1.165) is 4.68 Å². The number of ketones is 1. The number of carbonyl (C=O) groups is 1. The van der Waals surface area contributed by atoms with Gasteiger partial charge in [-0.3, -0.25) is 9.59 Å². The first-order valence-corrected chi connectivity index (χ1v) is 2.75. The van der Waals surface area contributed by atoms with Crippen molar-refractivity contribution < 1.29 is 4.79 Å². The van der Waals surface area contributed by atoms with Crippen LogP contribution in [0.15, 0.2) is 4.79 Å². The molecule has 0 radical (unpaired) electrons. The van der Waals surface area contributed by atoms with Crippen molar-refractivity contribution in [1.29, 1.82) is 0 Å². The highest BCUT2D eigenvalue weighted by Crippen LogP contribution is 1.82. The normalized spacial score (nSPS) is 9.80. The molecule has 0 bridgehead atoms. The maximum absolute atomic E-state index is 10.9. The molecule has 1 N–H and O–H groups in total. The monoisotopic (exact) mass is 141 g/mol. The Morgan fingerprint density at radius 1 is 1.70 bits per heavy atom. The highest BCUT2D eigenvalue weighted by Gasteiger charge is 2.08. The number of aromatic amines is 1. The first kappa shape index (κ1) is 6.73. The van der Waals surface area contributed by atoms with Gasteiger partial charge in [-0.15, -0.1) is 0 Å². The van der Waals surface area contributed by atoms with Crippen LogP contribution in [-0.4, -0.2) is 20.8 Å². The Morgan fingerprint density at radius 3 is 2.50 bits per heavy atom. The minimum Gasteiger partial charge on any atom is -0.292 e. The molecule has 0 saturated carbocycles. The summed E-state index contributed by atoms with van der Waals surface area (Å²) in [7, 11) is 1.50. The molecule has 1 aromatic rings. The van der Waals surface area contributed by atoms with Crippen molar-refractivity contribution in [2.24, 2.45) is 7.05 Å². The molecule has 1 aromatic heterocycles. The van der Waals surface area contributed by atoms with Crippen LogP contribution in [0.1, 0.15) is 17.4 Å². The van der Waals surface area contributed by atoms with Crippen LogP contribution in [0.4, 0.5) is 0 Å². The predicted molar refractivity (Wildman–Crippen MR) is 33.8 cm³/mol. The molecule has 0 unspecified atom stereocenters. The molecule has 0 amide bonds. The minimum atomic E-state index is -0.382. The summed E-state index contributed by atoms with van der Waals surface area (Å²) in [5.41, 5.74) is -0.421. The molecule has 0 spiro atoms. The van der Waals surface area contributed by atoms with Gasteiger partial charge in [-0.1, -0.05) is 0 Å². The summed E-state index contributed by atoms with van der Waals surface area (Å²) in [5.74, 6) is -0.318. The van der Waals surface area contributed by atoms with Crippen molar-refractivity contribution in [2.75, 3.05) is 0 Å². The number of aromatic nitrogens is 3. The SMILES string of the molecule is CC(=O)c1n[nH]n(C)c1=O. The van der Waals surface area contributed by atoms with Gasteiger partial charge in [0.15, 0.2) is 11.5 Å². The molecule has 0 aromatic carbocycles. The summed E-state index contributed by atoms with van der Waals surface area (Å²) in [5, 5.41) is 5.84. The van der Waals surface area contributed by atoms with E-state index in [4.69, 9.17) is 0 Å². The van der Waals surface area contributed by atoms with Crippen LogP contribution in [0.25, 0.3) is 0 Å². The second kappa shape index (κ2) is 2.09. The topological polar surface area (TPSA) is 67.8 Å². The van der Waals surface area contributed by atoms with Crippen LogP contribution in [-0.2, 0) is 7.05 Å². The maximum atomic E-state index is 10.9.